The highest BCUT2D eigenvalue weighted by Crippen LogP contribution is 2.00. The molecule has 2 atom stereocenters. The Morgan fingerprint density at radius 3 is 2.79 bits per heavy atom. The van der Waals surface area contributed by atoms with E-state index in [1.807, 2.05) is 13.8 Å². The molecule has 0 aliphatic heterocycles. The molecule has 80 valence electrons. The van der Waals surface area contributed by atoms with Gasteiger partial charge in [0.2, 0.25) is 5.91 Å². The third-order valence-corrected chi connectivity index (χ3v) is 2.80. The maximum Gasteiger partial charge on any atom is 0.224 e. The molecule has 0 saturated heterocycles. The van der Waals surface area contributed by atoms with E-state index in [-0.39, 0.29) is 17.9 Å². The monoisotopic (exact) mass is 214 g/mol. The van der Waals surface area contributed by atoms with E-state index in [0.717, 1.165) is 5.75 Å². The number of nitrogens with one attached hydrogen (secondary N) is 1. The predicted octanol–water partition coefficient (Wildman–Crippen LogP) is 0.452. The number of carbonyl (C=O) groups excluding carboxylic acids is 1. The van der Waals surface area contributed by atoms with Crippen LogP contribution in [0.4, 0.5) is 0 Å². The molecule has 0 aromatic carbocycles. The van der Waals surface area contributed by atoms with Gasteiger partial charge in [0.1, 0.15) is 0 Å². The summed E-state index contributed by atoms with van der Waals surface area (Å²) in [5.41, 5.74) is 5.60. The Kier molecular flexibility index (Phi) is 7.35. The fourth-order valence-corrected chi connectivity index (χ4v) is 1.29. The van der Waals surface area contributed by atoms with E-state index in [1.54, 1.807) is 11.8 Å². The molecular weight excluding hydrogens is 196 g/mol. The van der Waals surface area contributed by atoms with E-state index in [0.29, 0.717) is 12.3 Å². The van der Waals surface area contributed by atoms with Gasteiger partial charge in [-0.05, 0) is 6.92 Å². The number of amides is 1. The van der Waals surface area contributed by atoms with Crippen LogP contribution in [0.15, 0.2) is 0 Å². The number of hydrogen-bond donors (Lipinski definition) is 2. The molecule has 3 N–H and O–H groups in total. The molecule has 0 aromatic heterocycles. The maximum atomic E-state index is 11.4. The Bertz CT molecular complexity index is 211. The van der Waals surface area contributed by atoms with Crippen molar-refractivity contribution in [1.82, 2.24) is 5.32 Å². The molecule has 0 saturated carbocycles. The van der Waals surface area contributed by atoms with Crippen molar-refractivity contribution in [2.45, 2.75) is 19.9 Å². The molecule has 0 fully saturated rings. The highest BCUT2D eigenvalue weighted by Gasteiger charge is 2.15. The smallest absolute Gasteiger partial charge is 0.224 e. The highest BCUT2D eigenvalue weighted by atomic mass is 32.2. The van der Waals surface area contributed by atoms with Gasteiger partial charge in [0.15, 0.2) is 0 Å². The normalized spacial score (nSPS) is 14.1. The van der Waals surface area contributed by atoms with E-state index >= 15 is 0 Å². The van der Waals surface area contributed by atoms with Crippen LogP contribution in [0.1, 0.15) is 13.8 Å². The topological polar surface area (TPSA) is 55.1 Å². The Balaban J connectivity index is 3.50. The molecule has 0 aliphatic carbocycles. The summed E-state index contributed by atoms with van der Waals surface area (Å²) in [5, 5.41) is 2.81. The summed E-state index contributed by atoms with van der Waals surface area (Å²) in [7, 11) is 0. The second-order valence-corrected chi connectivity index (χ2v) is 4.30. The lowest BCUT2D eigenvalue weighted by Gasteiger charge is -2.14. The molecule has 0 radical (unpaired) electrons. The zero-order chi connectivity index (χ0) is 11.0. The molecule has 1 amide bonds. The zero-order valence-electron chi connectivity index (χ0n) is 8.75. The summed E-state index contributed by atoms with van der Waals surface area (Å²) in [6.07, 6.45) is 5.08. The fourth-order valence-electron chi connectivity index (χ4n) is 0.777. The minimum absolute atomic E-state index is 0.0151. The fraction of sp³-hybridized carbons (Fsp3) is 0.700. The summed E-state index contributed by atoms with van der Waals surface area (Å²) < 4.78 is 0. The van der Waals surface area contributed by atoms with Crippen molar-refractivity contribution >= 4 is 17.7 Å². The Morgan fingerprint density at radius 2 is 2.29 bits per heavy atom. The Labute approximate surface area is 90.2 Å². The third kappa shape index (κ3) is 5.90. The molecule has 3 nitrogen and oxygen atoms in total. The van der Waals surface area contributed by atoms with Crippen molar-refractivity contribution in [3.63, 3.8) is 0 Å². The molecule has 2 unspecified atom stereocenters. The van der Waals surface area contributed by atoms with Gasteiger partial charge in [-0.15, -0.1) is 18.2 Å². The number of hydrogen-bond acceptors (Lipinski definition) is 3. The van der Waals surface area contributed by atoms with Gasteiger partial charge < -0.3 is 11.1 Å². The third-order valence-electron chi connectivity index (χ3n) is 1.93. The van der Waals surface area contributed by atoms with Crippen LogP contribution < -0.4 is 11.1 Å². The minimum atomic E-state index is -0.132. The van der Waals surface area contributed by atoms with Crippen LogP contribution in [0.2, 0.25) is 0 Å². The summed E-state index contributed by atoms with van der Waals surface area (Å²) in [6.45, 7) is 4.31. The second kappa shape index (κ2) is 7.72. The largest absolute Gasteiger partial charge is 0.355 e. The molecule has 0 spiro atoms. The van der Waals surface area contributed by atoms with E-state index in [2.05, 4.69) is 11.2 Å². The van der Waals surface area contributed by atoms with Crippen LogP contribution in [0.25, 0.3) is 0 Å². The van der Waals surface area contributed by atoms with Crippen molar-refractivity contribution in [2.24, 2.45) is 11.7 Å². The summed E-state index contributed by atoms with van der Waals surface area (Å²) in [6, 6.07) is -0.103. The Morgan fingerprint density at radius 1 is 1.64 bits per heavy atom. The Hall–Kier alpha value is -0.660. The molecule has 0 aromatic rings. The molecule has 14 heavy (non-hydrogen) atoms. The van der Waals surface area contributed by atoms with E-state index in [9.17, 15) is 4.79 Å². The highest BCUT2D eigenvalue weighted by molar-refractivity contribution is 7.99. The predicted molar refractivity (Wildman–Crippen MR) is 62.0 cm³/mol. The number of thioether (sulfide) groups is 1. The molecule has 4 heteroatoms. The van der Waals surface area contributed by atoms with Crippen LogP contribution in [-0.4, -0.2) is 30.0 Å². The van der Waals surface area contributed by atoms with Gasteiger partial charge in [0.05, 0.1) is 5.75 Å². The maximum absolute atomic E-state index is 11.4. The lowest BCUT2D eigenvalue weighted by Crippen LogP contribution is -2.39. The van der Waals surface area contributed by atoms with Gasteiger partial charge in [-0.2, -0.15) is 0 Å². The molecular formula is C10H18N2OS. The number of rotatable bonds is 6. The zero-order valence-corrected chi connectivity index (χ0v) is 9.56. The quantitative estimate of drug-likeness (QED) is 0.499. The molecule has 0 heterocycles. The van der Waals surface area contributed by atoms with E-state index in [1.165, 1.54) is 0 Å². The van der Waals surface area contributed by atoms with Gasteiger partial charge in [0, 0.05) is 24.3 Å². The average molecular weight is 214 g/mol. The standard InChI is InChI=1S/C10H18N2OS/c1-4-6-14-7-5-12-10(13)8(2)9(3)11/h1,8-9H,5-7,11H2,2-3H3,(H,12,13). The first-order valence-corrected chi connectivity index (χ1v) is 5.79. The van der Waals surface area contributed by atoms with Crippen molar-refractivity contribution in [3.8, 4) is 12.3 Å². The summed E-state index contributed by atoms with van der Waals surface area (Å²) in [5.74, 6) is 3.95. The second-order valence-electron chi connectivity index (χ2n) is 3.20. The van der Waals surface area contributed by atoms with Crippen LogP contribution in [-0.2, 0) is 4.79 Å². The van der Waals surface area contributed by atoms with E-state index in [4.69, 9.17) is 12.2 Å². The van der Waals surface area contributed by atoms with Crippen molar-refractivity contribution < 1.29 is 4.79 Å². The van der Waals surface area contributed by atoms with Gasteiger partial charge >= 0.3 is 0 Å². The molecule has 0 aliphatic rings. The first-order chi connectivity index (χ1) is 6.59. The lowest BCUT2D eigenvalue weighted by molar-refractivity contribution is -0.124. The van der Waals surface area contributed by atoms with Gasteiger partial charge in [-0.25, -0.2) is 0 Å². The first kappa shape index (κ1) is 13.3. The van der Waals surface area contributed by atoms with Gasteiger partial charge in [-0.3, -0.25) is 4.79 Å². The van der Waals surface area contributed by atoms with Crippen LogP contribution in [0.5, 0.6) is 0 Å². The van der Waals surface area contributed by atoms with Crippen molar-refractivity contribution in [1.29, 1.82) is 0 Å². The summed E-state index contributed by atoms with van der Waals surface area (Å²) >= 11 is 1.63. The van der Waals surface area contributed by atoms with Crippen LogP contribution in [0, 0.1) is 18.3 Å². The lowest BCUT2D eigenvalue weighted by atomic mass is 10.0. The van der Waals surface area contributed by atoms with Crippen molar-refractivity contribution in [3.05, 3.63) is 0 Å². The number of carbonyl (C=O) groups is 1. The van der Waals surface area contributed by atoms with Crippen LogP contribution >= 0.6 is 11.8 Å². The van der Waals surface area contributed by atoms with Gasteiger partial charge in [0.25, 0.3) is 0 Å². The SMILES string of the molecule is C#CCSCCNC(=O)C(C)C(C)N. The van der Waals surface area contributed by atoms with Crippen molar-refractivity contribution in [2.75, 3.05) is 18.1 Å². The van der Waals surface area contributed by atoms with E-state index < -0.39 is 0 Å². The van der Waals surface area contributed by atoms with Gasteiger partial charge in [-0.1, -0.05) is 12.8 Å². The van der Waals surface area contributed by atoms with Crippen LogP contribution in [0.3, 0.4) is 0 Å². The number of nitrogens with two attached hydrogens (primary N) is 1. The molecule has 0 rings (SSSR count). The number of terminal acetylenes is 1. The summed E-state index contributed by atoms with van der Waals surface area (Å²) in [4.78, 5) is 11.4. The average Bonchev–Trinajstić information content (AvgIpc) is 2.16. The first-order valence-electron chi connectivity index (χ1n) is 4.64. The minimum Gasteiger partial charge on any atom is -0.355 e. The molecule has 0 bridgehead atoms.